The molecule has 1 aromatic carbocycles. The van der Waals surface area contributed by atoms with Crippen LogP contribution in [0.2, 0.25) is 5.02 Å². The van der Waals surface area contributed by atoms with Gasteiger partial charge >= 0.3 is 0 Å². The minimum atomic E-state index is 0.176. The van der Waals surface area contributed by atoms with Gasteiger partial charge in [0.25, 0.3) is 0 Å². The zero-order chi connectivity index (χ0) is 21.1. The second-order valence-electron chi connectivity index (χ2n) is 9.80. The van der Waals surface area contributed by atoms with Crippen LogP contribution in [0.15, 0.2) is 24.3 Å². The Morgan fingerprint density at radius 2 is 1.93 bits per heavy atom. The van der Waals surface area contributed by atoms with E-state index in [4.69, 9.17) is 16.6 Å². The molecule has 0 aliphatic heterocycles. The fourth-order valence-electron chi connectivity index (χ4n) is 5.59. The molecule has 0 bridgehead atoms. The molecule has 5 heteroatoms. The van der Waals surface area contributed by atoms with Crippen LogP contribution in [0, 0.1) is 11.8 Å². The molecule has 1 aromatic heterocycles. The van der Waals surface area contributed by atoms with Crippen molar-refractivity contribution in [3.63, 3.8) is 0 Å². The smallest absolute Gasteiger partial charge is 0.0741 e. The van der Waals surface area contributed by atoms with E-state index in [9.17, 15) is 5.11 Å². The molecular formula is C25H36ClN3O. The molecule has 2 saturated carbocycles. The van der Waals surface area contributed by atoms with E-state index >= 15 is 0 Å². The van der Waals surface area contributed by atoms with E-state index in [2.05, 4.69) is 36.3 Å². The predicted octanol–water partition coefficient (Wildman–Crippen LogP) is 5.47. The lowest BCUT2D eigenvalue weighted by atomic mass is 9.84. The van der Waals surface area contributed by atoms with Crippen molar-refractivity contribution in [3.05, 3.63) is 35.0 Å². The van der Waals surface area contributed by atoms with Crippen LogP contribution in [0.1, 0.15) is 57.6 Å². The Balaban J connectivity index is 1.55. The number of anilines is 1. The summed E-state index contributed by atoms with van der Waals surface area (Å²) in [6, 6.07) is 8.39. The summed E-state index contributed by atoms with van der Waals surface area (Å²) in [6.07, 6.45) is 8.89. The van der Waals surface area contributed by atoms with Gasteiger partial charge < -0.3 is 15.3 Å². The number of pyridine rings is 1. The van der Waals surface area contributed by atoms with Gasteiger partial charge in [-0.3, -0.25) is 4.98 Å². The molecule has 4 nitrogen and oxygen atoms in total. The maximum absolute atomic E-state index is 9.22. The maximum atomic E-state index is 9.22. The lowest BCUT2D eigenvalue weighted by molar-refractivity contribution is 0.190. The molecule has 2 aromatic rings. The molecule has 0 amide bonds. The van der Waals surface area contributed by atoms with E-state index in [-0.39, 0.29) is 12.0 Å². The van der Waals surface area contributed by atoms with Crippen LogP contribution in [-0.2, 0) is 5.41 Å². The zero-order valence-electron chi connectivity index (χ0n) is 18.5. The number of hydrogen-bond acceptors (Lipinski definition) is 4. The second kappa shape index (κ2) is 9.42. The number of nitrogens with one attached hydrogen (secondary N) is 1. The number of benzene rings is 1. The van der Waals surface area contributed by atoms with Crippen LogP contribution in [0.3, 0.4) is 0 Å². The van der Waals surface area contributed by atoms with E-state index in [0.29, 0.717) is 11.8 Å². The summed E-state index contributed by atoms with van der Waals surface area (Å²) in [7, 11) is 2.12. The van der Waals surface area contributed by atoms with E-state index < -0.39 is 0 Å². The highest BCUT2D eigenvalue weighted by Gasteiger charge is 2.33. The Morgan fingerprint density at radius 3 is 2.70 bits per heavy atom. The number of aliphatic hydroxyl groups excluding tert-OH is 1. The van der Waals surface area contributed by atoms with Crippen LogP contribution >= 0.6 is 11.6 Å². The Kier molecular flexibility index (Phi) is 6.86. The highest BCUT2D eigenvalue weighted by atomic mass is 35.5. The summed E-state index contributed by atoms with van der Waals surface area (Å²) in [5.41, 5.74) is 3.59. The molecule has 2 fully saturated rings. The number of aliphatic hydroxyl groups is 1. The van der Waals surface area contributed by atoms with E-state index in [1.54, 1.807) is 0 Å². The van der Waals surface area contributed by atoms with Gasteiger partial charge in [-0.1, -0.05) is 37.8 Å². The second-order valence-corrected chi connectivity index (χ2v) is 10.2. The first-order chi connectivity index (χ1) is 14.5. The Bertz CT molecular complexity index is 865. The van der Waals surface area contributed by atoms with Gasteiger partial charge in [0.05, 0.1) is 12.1 Å². The van der Waals surface area contributed by atoms with Gasteiger partial charge in [0.15, 0.2) is 0 Å². The van der Waals surface area contributed by atoms with Crippen molar-refractivity contribution in [1.29, 1.82) is 0 Å². The molecule has 2 aliphatic carbocycles. The van der Waals surface area contributed by atoms with Crippen molar-refractivity contribution in [2.75, 3.05) is 38.6 Å². The Labute approximate surface area is 186 Å². The quantitative estimate of drug-likeness (QED) is 0.583. The summed E-state index contributed by atoms with van der Waals surface area (Å²) < 4.78 is 0. The Morgan fingerprint density at radius 1 is 1.17 bits per heavy atom. The van der Waals surface area contributed by atoms with E-state index in [1.165, 1.54) is 56.3 Å². The molecule has 2 aliphatic rings. The number of nitrogens with zero attached hydrogens (tertiary/aromatic N) is 2. The minimum Gasteiger partial charge on any atom is -0.395 e. The standard InChI is InChI=1S/C25H36ClN3O/c1-25(10-3-4-11-25)24-15-22(21-9-8-20(26)14-23(21)28-24)27-16-18-6-5-7-19(18)17-29(2)12-13-30/h8-9,14-15,18-19,30H,3-7,10-13,16-17H2,1-2H3,(H,27,28). The molecule has 0 saturated heterocycles. The molecule has 2 atom stereocenters. The maximum Gasteiger partial charge on any atom is 0.0741 e. The lowest BCUT2D eigenvalue weighted by Crippen LogP contribution is -2.32. The monoisotopic (exact) mass is 429 g/mol. The third-order valence-corrected chi connectivity index (χ3v) is 7.73. The molecule has 4 rings (SSSR count). The molecule has 2 N–H and O–H groups in total. The number of rotatable bonds is 8. The van der Waals surface area contributed by atoms with Crippen molar-refractivity contribution in [1.82, 2.24) is 9.88 Å². The normalized spacial score (nSPS) is 23.5. The van der Waals surface area contributed by atoms with Gasteiger partial charge in [0.2, 0.25) is 0 Å². The van der Waals surface area contributed by atoms with Crippen LogP contribution in [0.4, 0.5) is 5.69 Å². The first-order valence-corrected chi connectivity index (χ1v) is 12.0. The summed E-state index contributed by atoms with van der Waals surface area (Å²) >= 11 is 6.31. The van der Waals surface area contributed by atoms with Crippen molar-refractivity contribution in [2.24, 2.45) is 11.8 Å². The summed E-state index contributed by atoms with van der Waals surface area (Å²) in [6.45, 7) is 5.43. The molecule has 0 spiro atoms. The van der Waals surface area contributed by atoms with Crippen molar-refractivity contribution >= 4 is 28.2 Å². The van der Waals surface area contributed by atoms with Gasteiger partial charge in [0.1, 0.15) is 0 Å². The first-order valence-electron chi connectivity index (χ1n) is 11.6. The molecule has 2 unspecified atom stereocenters. The topological polar surface area (TPSA) is 48.4 Å². The molecule has 0 radical (unpaired) electrons. The van der Waals surface area contributed by atoms with Gasteiger partial charge in [-0.15, -0.1) is 0 Å². The largest absolute Gasteiger partial charge is 0.395 e. The minimum absolute atomic E-state index is 0.176. The average Bonchev–Trinajstić information content (AvgIpc) is 3.35. The lowest BCUT2D eigenvalue weighted by Gasteiger charge is -2.27. The summed E-state index contributed by atoms with van der Waals surface area (Å²) in [5, 5.41) is 14.9. The van der Waals surface area contributed by atoms with Crippen LogP contribution < -0.4 is 5.32 Å². The summed E-state index contributed by atoms with van der Waals surface area (Å²) in [5.74, 6) is 1.37. The number of likely N-dealkylation sites (N-methyl/N-ethyl adjacent to an activating group) is 1. The average molecular weight is 430 g/mol. The SMILES string of the molecule is CN(CCO)CC1CCCC1CNc1cc(C2(C)CCCC2)nc2cc(Cl)ccc12. The van der Waals surface area contributed by atoms with Crippen LogP contribution in [-0.4, -0.2) is 48.3 Å². The van der Waals surface area contributed by atoms with Gasteiger partial charge in [0, 0.05) is 46.8 Å². The zero-order valence-corrected chi connectivity index (χ0v) is 19.2. The molecule has 1 heterocycles. The number of halogens is 1. The fraction of sp³-hybridized carbons (Fsp3) is 0.640. The third-order valence-electron chi connectivity index (χ3n) is 7.50. The summed E-state index contributed by atoms with van der Waals surface area (Å²) in [4.78, 5) is 7.32. The van der Waals surface area contributed by atoms with Crippen molar-refractivity contribution < 1.29 is 5.11 Å². The highest BCUT2D eigenvalue weighted by Crippen LogP contribution is 2.42. The molecular weight excluding hydrogens is 394 g/mol. The van der Waals surface area contributed by atoms with E-state index in [1.807, 2.05) is 12.1 Å². The fourth-order valence-corrected chi connectivity index (χ4v) is 5.76. The van der Waals surface area contributed by atoms with Crippen LogP contribution in [0.25, 0.3) is 10.9 Å². The number of hydrogen-bond donors (Lipinski definition) is 2. The van der Waals surface area contributed by atoms with Gasteiger partial charge in [-0.25, -0.2) is 0 Å². The predicted molar refractivity (Wildman–Crippen MR) is 126 cm³/mol. The van der Waals surface area contributed by atoms with Crippen molar-refractivity contribution in [2.45, 2.75) is 57.3 Å². The van der Waals surface area contributed by atoms with Crippen LogP contribution in [0.5, 0.6) is 0 Å². The number of fused-ring (bicyclic) bond motifs is 1. The highest BCUT2D eigenvalue weighted by molar-refractivity contribution is 6.31. The third kappa shape index (κ3) is 4.76. The number of aromatic nitrogens is 1. The van der Waals surface area contributed by atoms with Gasteiger partial charge in [-0.2, -0.15) is 0 Å². The van der Waals surface area contributed by atoms with Gasteiger partial charge in [-0.05, 0) is 68.8 Å². The Hall–Kier alpha value is -1.36. The molecule has 30 heavy (non-hydrogen) atoms. The van der Waals surface area contributed by atoms with Crippen molar-refractivity contribution in [3.8, 4) is 0 Å². The first kappa shape index (κ1) is 21.9. The molecule has 164 valence electrons. The van der Waals surface area contributed by atoms with E-state index in [0.717, 1.165) is 35.6 Å².